The Morgan fingerprint density at radius 3 is 1.64 bits per heavy atom. The summed E-state index contributed by atoms with van der Waals surface area (Å²) < 4.78 is 0. The summed E-state index contributed by atoms with van der Waals surface area (Å²) in [7, 11) is 0. The highest BCUT2D eigenvalue weighted by Crippen LogP contribution is 2.30. The Bertz CT molecular complexity index is 1620. The Labute approximate surface area is 243 Å². The van der Waals surface area contributed by atoms with Gasteiger partial charge < -0.3 is 21.1 Å². The number of para-hydroxylation sites is 2. The number of anilines is 3. The van der Waals surface area contributed by atoms with Crippen molar-refractivity contribution in [2.75, 3.05) is 16.0 Å². The highest BCUT2D eigenvalue weighted by atomic mass is 16.3. The van der Waals surface area contributed by atoms with Crippen molar-refractivity contribution >= 4 is 34.8 Å². The summed E-state index contributed by atoms with van der Waals surface area (Å²) in [4.78, 5) is 39.5. The molecule has 0 aliphatic rings. The predicted octanol–water partition coefficient (Wildman–Crippen LogP) is 6.75. The van der Waals surface area contributed by atoms with Gasteiger partial charge in [0.1, 0.15) is 11.7 Å². The summed E-state index contributed by atoms with van der Waals surface area (Å²) in [6, 6.07) is 39.3. The van der Waals surface area contributed by atoms with E-state index in [9.17, 15) is 19.5 Å². The number of hydrogen-bond donors (Lipinski definition) is 4. The molecule has 0 aliphatic carbocycles. The molecule has 0 radical (unpaired) electrons. The summed E-state index contributed by atoms with van der Waals surface area (Å²) in [5, 5.41) is 18.8. The molecule has 5 aromatic rings. The van der Waals surface area contributed by atoms with Crippen LogP contribution in [-0.4, -0.2) is 22.8 Å². The standard InChI is InChI=1S/C35H29N3O4/c39-32-21-20-27(25-10-4-1-5-11-25)23-31(32)38-33(40)26-18-16-24(17-19-26)22-30(34(41)36-28-12-6-2-7-13-28)35(42)37-29-14-8-3-9-15-29/h1-21,23,30,39H,22H2,(H,36,41)(H,37,42)(H,38,40). The number of amides is 3. The van der Waals surface area contributed by atoms with Gasteiger partial charge in [-0.3, -0.25) is 14.4 Å². The van der Waals surface area contributed by atoms with Gasteiger partial charge >= 0.3 is 0 Å². The van der Waals surface area contributed by atoms with Gasteiger partial charge in [0, 0.05) is 16.9 Å². The van der Waals surface area contributed by atoms with E-state index in [-0.39, 0.29) is 12.2 Å². The van der Waals surface area contributed by atoms with Crippen LogP contribution in [0.4, 0.5) is 17.1 Å². The molecule has 0 heterocycles. The number of benzene rings is 5. The predicted molar refractivity (Wildman–Crippen MR) is 165 cm³/mol. The maximum absolute atomic E-state index is 13.2. The molecule has 208 valence electrons. The molecule has 42 heavy (non-hydrogen) atoms. The van der Waals surface area contributed by atoms with Crippen LogP contribution in [0.1, 0.15) is 15.9 Å². The molecule has 0 aromatic heterocycles. The van der Waals surface area contributed by atoms with E-state index in [1.807, 2.05) is 42.5 Å². The minimum atomic E-state index is -1.03. The summed E-state index contributed by atoms with van der Waals surface area (Å²) >= 11 is 0. The first kappa shape index (κ1) is 27.9. The van der Waals surface area contributed by atoms with E-state index >= 15 is 0 Å². The second kappa shape index (κ2) is 13.1. The van der Waals surface area contributed by atoms with Crippen LogP contribution < -0.4 is 16.0 Å². The molecular weight excluding hydrogens is 526 g/mol. The number of nitrogens with one attached hydrogen (secondary N) is 3. The van der Waals surface area contributed by atoms with Gasteiger partial charge in [0.05, 0.1) is 5.69 Å². The zero-order chi connectivity index (χ0) is 29.3. The van der Waals surface area contributed by atoms with Crippen LogP contribution in [0.25, 0.3) is 11.1 Å². The number of carbonyl (C=O) groups excluding carboxylic acids is 3. The number of rotatable bonds is 9. The molecule has 0 saturated carbocycles. The Hall–Kier alpha value is -5.69. The lowest BCUT2D eigenvalue weighted by Gasteiger charge is -2.17. The first-order chi connectivity index (χ1) is 20.5. The fraction of sp³-hybridized carbons (Fsp3) is 0.0571. The SMILES string of the molecule is O=C(Nc1cc(-c2ccccc2)ccc1O)c1ccc(CC(C(=O)Nc2ccccc2)C(=O)Nc2ccccc2)cc1. The molecule has 0 spiro atoms. The average Bonchev–Trinajstić information content (AvgIpc) is 3.02. The summed E-state index contributed by atoms with van der Waals surface area (Å²) in [6.07, 6.45) is 0.124. The third kappa shape index (κ3) is 7.08. The van der Waals surface area contributed by atoms with Crippen molar-refractivity contribution in [1.29, 1.82) is 0 Å². The highest BCUT2D eigenvalue weighted by Gasteiger charge is 2.27. The number of aromatic hydroxyl groups is 1. The third-order valence-corrected chi connectivity index (χ3v) is 6.72. The van der Waals surface area contributed by atoms with E-state index in [2.05, 4.69) is 16.0 Å². The topological polar surface area (TPSA) is 108 Å². The monoisotopic (exact) mass is 555 g/mol. The average molecular weight is 556 g/mol. The molecule has 0 fully saturated rings. The molecule has 3 amide bonds. The molecule has 0 saturated heterocycles. The Balaban J connectivity index is 1.30. The number of phenolic OH excluding ortho intramolecular Hbond substituents is 1. The minimum Gasteiger partial charge on any atom is -0.506 e. The molecule has 0 aliphatic heterocycles. The lowest BCUT2D eigenvalue weighted by atomic mass is 9.96. The van der Waals surface area contributed by atoms with E-state index in [0.29, 0.717) is 28.2 Å². The quantitative estimate of drug-likeness (QED) is 0.119. The van der Waals surface area contributed by atoms with Gasteiger partial charge in [-0.05, 0) is 71.6 Å². The van der Waals surface area contributed by atoms with Crippen LogP contribution in [-0.2, 0) is 16.0 Å². The van der Waals surface area contributed by atoms with E-state index in [0.717, 1.165) is 11.1 Å². The molecule has 5 rings (SSSR count). The first-order valence-corrected chi connectivity index (χ1v) is 13.5. The fourth-order valence-corrected chi connectivity index (χ4v) is 4.47. The smallest absolute Gasteiger partial charge is 0.255 e. The molecule has 4 N–H and O–H groups in total. The number of phenols is 1. The van der Waals surface area contributed by atoms with Crippen molar-refractivity contribution in [2.45, 2.75) is 6.42 Å². The van der Waals surface area contributed by atoms with Gasteiger partial charge in [0.15, 0.2) is 0 Å². The first-order valence-electron chi connectivity index (χ1n) is 13.5. The van der Waals surface area contributed by atoms with Gasteiger partial charge in [-0.25, -0.2) is 0 Å². The largest absolute Gasteiger partial charge is 0.506 e. The van der Waals surface area contributed by atoms with Crippen molar-refractivity contribution in [3.63, 3.8) is 0 Å². The van der Waals surface area contributed by atoms with Crippen molar-refractivity contribution in [2.24, 2.45) is 5.92 Å². The molecule has 7 heteroatoms. The summed E-state index contributed by atoms with van der Waals surface area (Å²) in [5.74, 6) is -2.35. The Morgan fingerprint density at radius 2 is 1.10 bits per heavy atom. The summed E-state index contributed by atoms with van der Waals surface area (Å²) in [5.41, 5.74) is 4.35. The van der Waals surface area contributed by atoms with E-state index in [4.69, 9.17) is 0 Å². The molecule has 7 nitrogen and oxygen atoms in total. The van der Waals surface area contributed by atoms with Crippen LogP contribution >= 0.6 is 0 Å². The molecule has 5 aromatic carbocycles. The van der Waals surface area contributed by atoms with Gasteiger partial charge in [0.2, 0.25) is 11.8 Å². The zero-order valence-electron chi connectivity index (χ0n) is 22.7. The van der Waals surface area contributed by atoms with Gasteiger partial charge in [-0.1, -0.05) is 84.9 Å². The van der Waals surface area contributed by atoms with Gasteiger partial charge in [-0.2, -0.15) is 0 Å². The van der Waals surface area contributed by atoms with Crippen LogP contribution in [0.15, 0.2) is 133 Å². The molecule has 0 unspecified atom stereocenters. The number of carbonyl (C=O) groups is 3. The van der Waals surface area contributed by atoms with Crippen molar-refractivity contribution in [3.8, 4) is 16.9 Å². The second-order valence-corrected chi connectivity index (χ2v) is 9.72. The van der Waals surface area contributed by atoms with Crippen molar-refractivity contribution in [1.82, 2.24) is 0 Å². The highest BCUT2D eigenvalue weighted by molar-refractivity contribution is 6.11. The third-order valence-electron chi connectivity index (χ3n) is 6.72. The number of hydrogen-bond acceptors (Lipinski definition) is 4. The molecular formula is C35H29N3O4. The van der Waals surface area contributed by atoms with Crippen LogP contribution in [0.5, 0.6) is 5.75 Å². The van der Waals surface area contributed by atoms with Crippen molar-refractivity contribution in [3.05, 3.63) is 145 Å². The maximum Gasteiger partial charge on any atom is 0.255 e. The van der Waals surface area contributed by atoms with E-state index < -0.39 is 23.6 Å². The van der Waals surface area contributed by atoms with E-state index in [1.54, 1.807) is 91.0 Å². The lowest BCUT2D eigenvalue weighted by Crippen LogP contribution is -2.35. The summed E-state index contributed by atoms with van der Waals surface area (Å²) in [6.45, 7) is 0. The van der Waals surface area contributed by atoms with E-state index in [1.165, 1.54) is 0 Å². The molecule has 0 bridgehead atoms. The maximum atomic E-state index is 13.2. The lowest BCUT2D eigenvalue weighted by molar-refractivity contribution is -0.129. The Morgan fingerprint density at radius 1 is 0.571 bits per heavy atom. The zero-order valence-corrected chi connectivity index (χ0v) is 22.7. The van der Waals surface area contributed by atoms with Gasteiger partial charge in [0.25, 0.3) is 5.91 Å². The Kier molecular flexibility index (Phi) is 8.70. The minimum absolute atomic E-state index is 0.0450. The van der Waals surface area contributed by atoms with Crippen molar-refractivity contribution < 1.29 is 19.5 Å². The van der Waals surface area contributed by atoms with Crippen LogP contribution in [0, 0.1) is 5.92 Å². The van der Waals surface area contributed by atoms with Crippen LogP contribution in [0.2, 0.25) is 0 Å². The normalized spacial score (nSPS) is 10.6. The fourth-order valence-electron chi connectivity index (χ4n) is 4.47. The molecule has 0 atom stereocenters. The van der Waals surface area contributed by atoms with Gasteiger partial charge in [-0.15, -0.1) is 0 Å². The van der Waals surface area contributed by atoms with Crippen LogP contribution in [0.3, 0.4) is 0 Å². The second-order valence-electron chi connectivity index (χ2n) is 9.72.